The maximum atomic E-state index is 12.8. The molecule has 2 aromatic rings. The fourth-order valence-corrected chi connectivity index (χ4v) is 3.78. The van der Waals surface area contributed by atoms with Gasteiger partial charge in [-0.05, 0) is 31.3 Å². The minimum atomic E-state index is 0.237. The molecule has 0 N–H and O–H groups in total. The minimum absolute atomic E-state index is 0.237. The summed E-state index contributed by atoms with van der Waals surface area (Å²) in [7, 11) is 2.11. The average molecular weight is 350 g/mol. The Kier molecular flexibility index (Phi) is 4.80. The summed E-state index contributed by atoms with van der Waals surface area (Å²) in [6.45, 7) is 5.79. The Bertz CT molecular complexity index is 756. The lowest BCUT2D eigenvalue weighted by Crippen LogP contribution is -2.51. The van der Waals surface area contributed by atoms with Crippen LogP contribution in [-0.2, 0) is 4.79 Å². The van der Waals surface area contributed by atoms with Gasteiger partial charge >= 0.3 is 0 Å². The van der Waals surface area contributed by atoms with E-state index in [2.05, 4.69) is 70.3 Å². The predicted molar refractivity (Wildman–Crippen MR) is 106 cm³/mol. The van der Waals surface area contributed by atoms with Crippen molar-refractivity contribution in [3.63, 3.8) is 0 Å². The summed E-state index contributed by atoms with van der Waals surface area (Å²) < 4.78 is 0. The number of carbonyl (C=O) groups excluding carboxylic acids is 1. The van der Waals surface area contributed by atoms with E-state index in [1.807, 2.05) is 11.0 Å². The number of amides is 1. The van der Waals surface area contributed by atoms with Gasteiger partial charge in [0.1, 0.15) is 0 Å². The number of piperazine rings is 1. The van der Waals surface area contributed by atoms with E-state index in [1.165, 1.54) is 11.4 Å². The molecule has 136 valence electrons. The van der Waals surface area contributed by atoms with E-state index < -0.39 is 0 Å². The standard InChI is InChI=1S/C21H26N4O/c1-22-11-13-23(14-12-22)21(26)17-24-15-16-25(18-7-3-2-4-8-18)20-10-6-5-9-19(20)24/h2-10H,11-17H2,1H3. The summed E-state index contributed by atoms with van der Waals surface area (Å²) in [4.78, 5) is 21.6. The number of rotatable bonds is 3. The number of para-hydroxylation sites is 3. The fourth-order valence-electron chi connectivity index (χ4n) is 3.78. The van der Waals surface area contributed by atoms with Crippen molar-refractivity contribution in [2.75, 3.05) is 62.7 Å². The molecule has 0 atom stereocenters. The van der Waals surface area contributed by atoms with Crippen LogP contribution in [0.4, 0.5) is 17.1 Å². The fraction of sp³-hybridized carbons (Fsp3) is 0.381. The number of hydrogen-bond donors (Lipinski definition) is 0. The van der Waals surface area contributed by atoms with Gasteiger partial charge in [0.15, 0.2) is 0 Å². The van der Waals surface area contributed by atoms with E-state index in [9.17, 15) is 4.79 Å². The van der Waals surface area contributed by atoms with E-state index in [1.54, 1.807) is 0 Å². The molecule has 26 heavy (non-hydrogen) atoms. The van der Waals surface area contributed by atoms with Crippen LogP contribution in [0.15, 0.2) is 54.6 Å². The lowest BCUT2D eigenvalue weighted by atomic mass is 10.1. The van der Waals surface area contributed by atoms with Gasteiger partial charge in [0.2, 0.25) is 5.91 Å². The lowest BCUT2D eigenvalue weighted by molar-refractivity contribution is -0.131. The maximum Gasteiger partial charge on any atom is 0.242 e. The molecule has 4 rings (SSSR count). The van der Waals surface area contributed by atoms with Gasteiger partial charge in [-0.3, -0.25) is 4.79 Å². The molecule has 1 saturated heterocycles. The van der Waals surface area contributed by atoms with E-state index in [4.69, 9.17) is 0 Å². The summed E-state index contributed by atoms with van der Waals surface area (Å²) in [5.41, 5.74) is 3.52. The van der Waals surface area contributed by atoms with Gasteiger partial charge in [-0.1, -0.05) is 30.3 Å². The van der Waals surface area contributed by atoms with Gasteiger partial charge in [-0.15, -0.1) is 0 Å². The zero-order valence-electron chi connectivity index (χ0n) is 15.3. The second-order valence-corrected chi connectivity index (χ2v) is 7.08. The molecular weight excluding hydrogens is 324 g/mol. The van der Waals surface area contributed by atoms with Crippen molar-refractivity contribution in [3.8, 4) is 0 Å². The van der Waals surface area contributed by atoms with Gasteiger partial charge in [0, 0.05) is 45.0 Å². The van der Waals surface area contributed by atoms with Gasteiger partial charge in [-0.25, -0.2) is 0 Å². The molecule has 1 amide bonds. The van der Waals surface area contributed by atoms with Crippen molar-refractivity contribution >= 4 is 23.0 Å². The van der Waals surface area contributed by atoms with Crippen LogP contribution in [0.3, 0.4) is 0 Å². The molecular formula is C21H26N4O. The summed E-state index contributed by atoms with van der Waals surface area (Å²) >= 11 is 0. The molecule has 5 heteroatoms. The summed E-state index contributed by atoms with van der Waals surface area (Å²) in [5, 5.41) is 0. The normalized spacial score (nSPS) is 18.0. The SMILES string of the molecule is CN1CCN(C(=O)CN2CCN(c3ccccc3)c3ccccc32)CC1. The van der Waals surface area contributed by atoms with Crippen LogP contribution in [0.2, 0.25) is 0 Å². The molecule has 0 spiro atoms. The van der Waals surface area contributed by atoms with Crippen LogP contribution < -0.4 is 9.80 Å². The molecule has 0 unspecified atom stereocenters. The van der Waals surface area contributed by atoms with E-state index in [0.29, 0.717) is 6.54 Å². The Morgan fingerprint density at radius 3 is 2.19 bits per heavy atom. The van der Waals surface area contributed by atoms with E-state index in [0.717, 1.165) is 45.0 Å². The number of carbonyl (C=O) groups is 1. The monoisotopic (exact) mass is 350 g/mol. The topological polar surface area (TPSA) is 30.0 Å². The molecule has 1 fully saturated rings. The number of benzene rings is 2. The first kappa shape index (κ1) is 16.9. The van der Waals surface area contributed by atoms with Crippen LogP contribution in [0.1, 0.15) is 0 Å². The number of anilines is 3. The molecule has 2 aliphatic rings. The molecule has 0 aromatic heterocycles. The van der Waals surface area contributed by atoms with Crippen LogP contribution in [0, 0.1) is 0 Å². The number of fused-ring (bicyclic) bond motifs is 1. The predicted octanol–water partition coefficient (Wildman–Crippen LogP) is 2.42. The van der Waals surface area contributed by atoms with Crippen molar-refractivity contribution in [3.05, 3.63) is 54.6 Å². The zero-order chi connectivity index (χ0) is 17.9. The number of nitrogens with zero attached hydrogens (tertiary/aromatic N) is 4. The van der Waals surface area contributed by atoms with Crippen molar-refractivity contribution in [2.45, 2.75) is 0 Å². The highest BCUT2D eigenvalue weighted by atomic mass is 16.2. The molecule has 0 radical (unpaired) electrons. The molecule has 0 bridgehead atoms. The summed E-state index contributed by atoms with van der Waals surface area (Å²) in [5.74, 6) is 0.237. The number of likely N-dealkylation sites (N-methyl/N-ethyl adjacent to an activating group) is 1. The Morgan fingerprint density at radius 1 is 0.808 bits per heavy atom. The van der Waals surface area contributed by atoms with Gasteiger partial charge in [0.25, 0.3) is 0 Å². The Morgan fingerprint density at radius 2 is 1.46 bits per heavy atom. The van der Waals surface area contributed by atoms with Crippen LogP contribution >= 0.6 is 0 Å². The van der Waals surface area contributed by atoms with Gasteiger partial charge < -0.3 is 19.6 Å². The van der Waals surface area contributed by atoms with Crippen molar-refractivity contribution in [1.82, 2.24) is 9.80 Å². The molecule has 2 aliphatic heterocycles. The first-order valence-corrected chi connectivity index (χ1v) is 9.35. The van der Waals surface area contributed by atoms with Crippen molar-refractivity contribution in [2.24, 2.45) is 0 Å². The van der Waals surface area contributed by atoms with Gasteiger partial charge in [-0.2, -0.15) is 0 Å². The average Bonchev–Trinajstić information content (AvgIpc) is 2.69. The molecule has 0 aliphatic carbocycles. The Balaban J connectivity index is 1.52. The third kappa shape index (κ3) is 3.40. The highest BCUT2D eigenvalue weighted by Crippen LogP contribution is 2.37. The van der Waals surface area contributed by atoms with Crippen LogP contribution in [-0.4, -0.2) is 68.6 Å². The zero-order valence-corrected chi connectivity index (χ0v) is 15.3. The second-order valence-electron chi connectivity index (χ2n) is 7.08. The van der Waals surface area contributed by atoms with E-state index in [-0.39, 0.29) is 5.91 Å². The molecule has 2 heterocycles. The second kappa shape index (κ2) is 7.38. The molecule has 2 aromatic carbocycles. The Hall–Kier alpha value is -2.53. The maximum absolute atomic E-state index is 12.8. The van der Waals surface area contributed by atoms with Gasteiger partial charge in [0.05, 0.1) is 17.9 Å². The summed E-state index contributed by atoms with van der Waals surface area (Å²) in [6.07, 6.45) is 0. The first-order chi connectivity index (χ1) is 12.7. The Labute approximate surface area is 155 Å². The highest BCUT2D eigenvalue weighted by Gasteiger charge is 2.27. The van der Waals surface area contributed by atoms with E-state index >= 15 is 0 Å². The first-order valence-electron chi connectivity index (χ1n) is 9.35. The molecule has 0 saturated carbocycles. The summed E-state index contributed by atoms with van der Waals surface area (Å²) in [6, 6.07) is 18.9. The third-order valence-corrected chi connectivity index (χ3v) is 5.36. The smallest absolute Gasteiger partial charge is 0.242 e. The van der Waals surface area contributed by atoms with Crippen molar-refractivity contribution in [1.29, 1.82) is 0 Å². The third-order valence-electron chi connectivity index (χ3n) is 5.36. The minimum Gasteiger partial charge on any atom is -0.359 e. The quantitative estimate of drug-likeness (QED) is 0.850. The van der Waals surface area contributed by atoms with Crippen LogP contribution in [0.5, 0.6) is 0 Å². The highest BCUT2D eigenvalue weighted by molar-refractivity contribution is 5.86. The largest absolute Gasteiger partial charge is 0.359 e. The van der Waals surface area contributed by atoms with Crippen molar-refractivity contribution < 1.29 is 4.79 Å². The lowest BCUT2D eigenvalue weighted by Gasteiger charge is -2.40. The van der Waals surface area contributed by atoms with Crippen LogP contribution in [0.25, 0.3) is 0 Å². The number of hydrogen-bond acceptors (Lipinski definition) is 4. The molecule has 5 nitrogen and oxygen atoms in total.